The maximum Gasteiger partial charge on any atom is 0.420 e. The highest BCUT2D eigenvalue weighted by atomic mass is 19.4. The molecule has 1 rings (SSSR count). The molecule has 0 aliphatic carbocycles. The van der Waals surface area contributed by atoms with E-state index in [0.29, 0.717) is 50.3 Å². The van der Waals surface area contributed by atoms with Gasteiger partial charge in [0, 0.05) is 6.54 Å². The standard InChI is InChI=1S/C28H42F3NO3/c1-8-11-22(18-32-16-14-21(15-17-32)27(33)34)25(20(6)7)26(28(29,30)31)24(10-3)35-23(9-2)13-12-19(4)5/h8,10-11,19,21,23H,1,6,9,12-18H2,2-5,7H3,(H,33,34). The Morgan fingerprint density at radius 1 is 1.23 bits per heavy atom. The fraction of sp³-hybridized carbons (Fsp3) is 0.607. The molecular weight excluding hydrogens is 455 g/mol. The van der Waals surface area contributed by atoms with Crippen molar-refractivity contribution in [3.8, 4) is 0 Å². The van der Waals surface area contributed by atoms with Crippen molar-refractivity contribution in [1.29, 1.82) is 0 Å². The summed E-state index contributed by atoms with van der Waals surface area (Å²) in [6.45, 7) is 18.0. The number of carboxylic acid groups (broad SMARTS) is 1. The summed E-state index contributed by atoms with van der Waals surface area (Å²) in [6.07, 6.45) is 2.52. The molecule has 0 saturated carbocycles. The van der Waals surface area contributed by atoms with Crippen LogP contribution in [-0.2, 0) is 9.53 Å². The summed E-state index contributed by atoms with van der Waals surface area (Å²) in [5.74, 6) is -1.01. The number of carboxylic acids is 1. The quantitative estimate of drug-likeness (QED) is 0.212. The van der Waals surface area contributed by atoms with Crippen LogP contribution in [0.2, 0.25) is 0 Å². The van der Waals surface area contributed by atoms with Gasteiger partial charge >= 0.3 is 12.1 Å². The van der Waals surface area contributed by atoms with Gasteiger partial charge in [-0.15, -0.1) is 0 Å². The summed E-state index contributed by atoms with van der Waals surface area (Å²) in [5, 5.41) is 9.26. The van der Waals surface area contributed by atoms with Crippen LogP contribution in [0.25, 0.3) is 0 Å². The molecule has 198 valence electrons. The molecule has 7 heteroatoms. The number of hydrogen-bond donors (Lipinski definition) is 1. The molecule has 0 aromatic carbocycles. The van der Waals surface area contributed by atoms with E-state index in [2.05, 4.69) is 27.0 Å². The Bertz CT molecular complexity index is 829. The summed E-state index contributed by atoms with van der Waals surface area (Å²) in [5.41, 5.74) is -0.107. The first-order chi connectivity index (χ1) is 16.3. The van der Waals surface area contributed by atoms with Gasteiger partial charge in [0.05, 0.1) is 12.0 Å². The third kappa shape index (κ3) is 9.71. The van der Waals surface area contributed by atoms with Gasteiger partial charge < -0.3 is 9.84 Å². The van der Waals surface area contributed by atoms with E-state index in [9.17, 15) is 23.1 Å². The Balaban J connectivity index is 3.44. The highest BCUT2D eigenvalue weighted by Crippen LogP contribution is 2.40. The molecule has 0 spiro atoms. The summed E-state index contributed by atoms with van der Waals surface area (Å²) >= 11 is 0. The van der Waals surface area contributed by atoms with Gasteiger partial charge in [0.15, 0.2) is 0 Å². The van der Waals surface area contributed by atoms with Gasteiger partial charge in [-0.3, -0.25) is 9.69 Å². The zero-order chi connectivity index (χ0) is 26.8. The number of halogens is 3. The molecular formula is C28H42F3NO3. The highest BCUT2D eigenvalue weighted by Gasteiger charge is 2.41. The minimum atomic E-state index is -4.66. The average Bonchev–Trinajstić information content (AvgIpc) is 2.77. The first-order valence-electron chi connectivity index (χ1n) is 12.4. The Kier molecular flexibility index (Phi) is 12.6. The SMILES string of the molecule is C=CC=C(CN1CCC(C(=O)O)CC1)C(C(=C)C)=C(C(=CC)OC(CC)CCC(C)C)C(F)(F)F. The van der Waals surface area contributed by atoms with Crippen LogP contribution in [0, 0.1) is 11.8 Å². The van der Waals surface area contributed by atoms with Crippen LogP contribution in [0.5, 0.6) is 0 Å². The first-order valence-corrected chi connectivity index (χ1v) is 12.4. The predicted molar refractivity (Wildman–Crippen MR) is 136 cm³/mol. The van der Waals surface area contributed by atoms with Crippen LogP contribution in [0.1, 0.15) is 66.7 Å². The van der Waals surface area contributed by atoms with Crippen LogP contribution in [0.4, 0.5) is 13.2 Å². The molecule has 1 aliphatic rings. The molecule has 0 aromatic rings. The van der Waals surface area contributed by atoms with Gasteiger partial charge in [-0.05, 0) is 87.8 Å². The van der Waals surface area contributed by atoms with Gasteiger partial charge in [0.2, 0.25) is 0 Å². The van der Waals surface area contributed by atoms with Crippen molar-refractivity contribution in [1.82, 2.24) is 4.90 Å². The lowest BCUT2D eigenvalue weighted by Crippen LogP contribution is -2.37. The van der Waals surface area contributed by atoms with Crippen molar-refractivity contribution in [3.63, 3.8) is 0 Å². The third-order valence-electron chi connectivity index (χ3n) is 6.25. The number of likely N-dealkylation sites (tertiary alicyclic amines) is 1. The Labute approximate surface area is 208 Å². The number of aliphatic carboxylic acids is 1. The minimum absolute atomic E-state index is 0.00423. The molecule has 0 aromatic heterocycles. The number of nitrogens with zero attached hydrogens (tertiary/aromatic N) is 1. The van der Waals surface area contributed by atoms with Crippen LogP contribution in [-0.4, -0.2) is 47.9 Å². The van der Waals surface area contributed by atoms with E-state index in [4.69, 9.17) is 4.74 Å². The van der Waals surface area contributed by atoms with Crippen LogP contribution in [0.3, 0.4) is 0 Å². The van der Waals surface area contributed by atoms with Gasteiger partial charge in [-0.1, -0.05) is 46.1 Å². The second kappa shape index (κ2) is 14.3. The smallest absolute Gasteiger partial charge is 0.420 e. The van der Waals surface area contributed by atoms with E-state index in [1.54, 1.807) is 19.9 Å². The fourth-order valence-corrected chi connectivity index (χ4v) is 4.31. The lowest BCUT2D eigenvalue weighted by Gasteiger charge is -2.32. The van der Waals surface area contributed by atoms with E-state index in [-0.39, 0.29) is 29.6 Å². The third-order valence-corrected chi connectivity index (χ3v) is 6.25. The molecule has 35 heavy (non-hydrogen) atoms. The maximum atomic E-state index is 14.6. The monoisotopic (exact) mass is 497 g/mol. The van der Waals surface area contributed by atoms with E-state index in [1.165, 1.54) is 12.2 Å². The Hall–Kier alpha value is -2.28. The highest BCUT2D eigenvalue weighted by molar-refractivity contribution is 5.70. The molecule has 1 N–H and O–H groups in total. The molecule has 1 heterocycles. The first kappa shape index (κ1) is 30.8. The number of rotatable bonds is 13. The minimum Gasteiger partial charge on any atom is -0.490 e. The van der Waals surface area contributed by atoms with Gasteiger partial charge in [0.1, 0.15) is 11.3 Å². The van der Waals surface area contributed by atoms with E-state index >= 15 is 0 Å². The fourth-order valence-electron chi connectivity index (χ4n) is 4.31. The summed E-state index contributed by atoms with van der Waals surface area (Å²) in [4.78, 5) is 13.3. The van der Waals surface area contributed by atoms with Crippen molar-refractivity contribution < 1.29 is 27.8 Å². The Morgan fingerprint density at radius 3 is 2.23 bits per heavy atom. The number of carbonyl (C=O) groups is 1. The lowest BCUT2D eigenvalue weighted by molar-refractivity contribution is -0.143. The summed E-state index contributed by atoms with van der Waals surface area (Å²) in [7, 11) is 0. The zero-order valence-corrected chi connectivity index (χ0v) is 21.9. The largest absolute Gasteiger partial charge is 0.490 e. The normalized spacial score (nSPS) is 18.3. The maximum absolute atomic E-state index is 14.6. The zero-order valence-electron chi connectivity index (χ0n) is 21.9. The van der Waals surface area contributed by atoms with E-state index in [0.717, 1.165) is 6.42 Å². The van der Waals surface area contributed by atoms with Crippen LogP contribution < -0.4 is 0 Å². The predicted octanol–water partition coefficient (Wildman–Crippen LogP) is 7.47. The molecule has 0 bridgehead atoms. The van der Waals surface area contributed by atoms with Crippen molar-refractivity contribution in [2.24, 2.45) is 11.8 Å². The number of piperidine rings is 1. The number of allylic oxidation sites excluding steroid dienone is 5. The van der Waals surface area contributed by atoms with Crippen molar-refractivity contribution >= 4 is 5.97 Å². The molecule has 0 radical (unpaired) electrons. The second-order valence-electron chi connectivity index (χ2n) is 9.62. The number of ether oxygens (including phenoxy) is 1. The Morgan fingerprint density at radius 2 is 1.83 bits per heavy atom. The van der Waals surface area contributed by atoms with Crippen molar-refractivity contribution in [3.05, 3.63) is 59.4 Å². The molecule has 1 unspecified atom stereocenters. The van der Waals surface area contributed by atoms with Crippen molar-refractivity contribution in [2.45, 2.75) is 79.0 Å². The molecule has 4 nitrogen and oxygen atoms in total. The van der Waals surface area contributed by atoms with Crippen LogP contribution >= 0.6 is 0 Å². The summed E-state index contributed by atoms with van der Waals surface area (Å²) < 4.78 is 49.8. The second-order valence-corrected chi connectivity index (χ2v) is 9.62. The van der Waals surface area contributed by atoms with E-state index < -0.39 is 23.6 Å². The molecule has 1 fully saturated rings. The van der Waals surface area contributed by atoms with Gasteiger partial charge in [-0.25, -0.2) is 0 Å². The van der Waals surface area contributed by atoms with Crippen molar-refractivity contribution in [2.75, 3.05) is 19.6 Å². The summed E-state index contributed by atoms with van der Waals surface area (Å²) in [6, 6.07) is 0. The molecule has 1 saturated heterocycles. The average molecular weight is 498 g/mol. The van der Waals surface area contributed by atoms with E-state index in [1.807, 2.05) is 11.8 Å². The number of hydrogen-bond acceptors (Lipinski definition) is 3. The van der Waals surface area contributed by atoms with Crippen LogP contribution in [0.15, 0.2) is 59.4 Å². The van der Waals surface area contributed by atoms with Gasteiger partial charge in [-0.2, -0.15) is 13.2 Å². The lowest BCUT2D eigenvalue weighted by atomic mass is 9.90. The topological polar surface area (TPSA) is 49.8 Å². The molecule has 1 aliphatic heterocycles. The molecule has 0 amide bonds. The molecule has 1 atom stereocenters. The number of alkyl halides is 3. The van der Waals surface area contributed by atoms with Gasteiger partial charge in [0.25, 0.3) is 0 Å².